The third kappa shape index (κ3) is 2.95. The minimum atomic E-state index is 0.243. The van der Waals surface area contributed by atoms with Crippen molar-refractivity contribution in [2.75, 3.05) is 0 Å². The molecule has 0 radical (unpaired) electrons. The van der Waals surface area contributed by atoms with E-state index < -0.39 is 0 Å². The number of hydrogen-bond donors (Lipinski definition) is 0. The monoisotopic (exact) mass is 202 g/mol. The fraction of sp³-hybridized carbons (Fsp3) is 0.467. The normalized spacial score (nSPS) is 25.4. The molecule has 0 aliphatic heterocycles. The van der Waals surface area contributed by atoms with Crippen LogP contribution in [0, 0.1) is 11.3 Å². The molecule has 0 N–H and O–H groups in total. The van der Waals surface area contributed by atoms with Crippen LogP contribution in [0.5, 0.6) is 0 Å². The SMILES string of the molecule is C=C/C(C)=C/C[C@@H]1C(=C)CC=CC1(C)C. The maximum absolute atomic E-state index is 4.19. The van der Waals surface area contributed by atoms with Gasteiger partial charge in [-0.05, 0) is 31.1 Å². The van der Waals surface area contributed by atoms with Gasteiger partial charge in [0.2, 0.25) is 0 Å². The molecular weight excluding hydrogens is 180 g/mol. The maximum atomic E-state index is 4.19. The fourth-order valence-electron chi connectivity index (χ4n) is 2.16. The molecule has 0 amide bonds. The van der Waals surface area contributed by atoms with E-state index in [1.807, 2.05) is 6.08 Å². The molecule has 15 heavy (non-hydrogen) atoms. The zero-order valence-electron chi connectivity index (χ0n) is 10.2. The summed E-state index contributed by atoms with van der Waals surface area (Å²) in [5.74, 6) is 0.567. The van der Waals surface area contributed by atoms with Crippen LogP contribution < -0.4 is 0 Å². The minimum absolute atomic E-state index is 0.243. The topological polar surface area (TPSA) is 0 Å². The number of rotatable bonds is 3. The number of hydrogen-bond acceptors (Lipinski definition) is 0. The van der Waals surface area contributed by atoms with Crippen LogP contribution >= 0.6 is 0 Å². The second-order valence-electron chi connectivity index (χ2n) is 5.03. The van der Waals surface area contributed by atoms with Gasteiger partial charge in [-0.25, -0.2) is 0 Å². The molecule has 1 aliphatic rings. The molecule has 0 unspecified atom stereocenters. The van der Waals surface area contributed by atoms with Crippen molar-refractivity contribution >= 4 is 0 Å². The Labute approximate surface area is 94.1 Å². The largest absolute Gasteiger partial charge is 0.0992 e. The standard InChI is InChI=1S/C15H22/c1-6-12(2)9-10-14-13(3)8-7-11-15(14,4)5/h6-7,9,11,14H,1,3,8,10H2,2,4-5H3/b12-9+/t14-/m1/s1. The molecule has 1 atom stereocenters. The minimum Gasteiger partial charge on any atom is -0.0992 e. The average molecular weight is 202 g/mol. The van der Waals surface area contributed by atoms with Gasteiger partial charge < -0.3 is 0 Å². The summed E-state index contributed by atoms with van der Waals surface area (Å²) in [5, 5.41) is 0. The van der Waals surface area contributed by atoms with Crippen molar-refractivity contribution in [1.82, 2.24) is 0 Å². The van der Waals surface area contributed by atoms with E-state index in [4.69, 9.17) is 0 Å². The van der Waals surface area contributed by atoms with E-state index in [0.717, 1.165) is 12.8 Å². The molecule has 0 bridgehead atoms. The lowest BCUT2D eigenvalue weighted by Gasteiger charge is -2.36. The van der Waals surface area contributed by atoms with Crippen LogP contribution in [0.1, 0.15) is 33.6 Å². The van der Waals surface area contributed by atoms with Crippen molar-refractivity contribution in [3.63, 3.8) is 0 Å². The van der Waals surface area contributed by atoms with Crippen LogP contribution in [0.2, 0.25) is 0 Å². The van der Waals surface area contributed by atoms with Crippen LogP contribution in [0.15, 0.2) is 48.6 Å². The molecule has 0 nitrogen and oxygen atoms in total. The lowest BCUT2D eigenvalue weighted by Crippen LogP contribution is -2.25. The van der Waals surface area contributed by atoms with Crippen molar-refractivity contribution in [3.8, 4) is 0 Å². The van der Waals surface area contributed by atoms with Gasteiger partial charge in [0.1, 0.15) is 0 Å². The van der Waals surface area contributed by atoms with Crippen molar-refractivity contribution in [2.24, 2.45) is 11.3 Å². The van der Waals surface area contributed by atoms with Gasteiger partial charge in [-0.3, -0.25) is 0 Å². The summed E-state index contributed by atoms with van der Waals surface area (Å²) >= 11 is 0. The van der Waals surface area contributed by atoms with Crippen molar-refractivity contribution in [3.05, 3.63) is 48.6 Å². The first-order valence-corrected chi connectivity index (χ1v) is 5.62. The highest BCUT2D eigenvalue weighted by molar-refractivity contribution is 5.23. The Hall–Kier alpha value is -1.04. The first-order valence-electron chi connectivity index (χ1n) is 5.62. The lowest BCUT2D eigenvalue weighted by atomic mass is 9.69. The molecule has 0 aromatic heterocycles. The zero-order chi connectivity index (χ0) is 11.5. The summed E-state index contributed by atoms with van der Waals surface area (Å²) in [6, 6.07) is 0. The van der Waals surface area contributed by atoms with Crippen LogP contribution in [-0.2, 0) is 0 Å². The van der Waals surface area contributed by atoms with Gasteiger partial charge in [0.25, 0.3) is 0 Å². The molecule has 0 fully saturated rings. The first-order chi connectivity index (χ1) is 6.97. The Morgan fingerprint density at radius 3 is 2.80 bits per heavy atom. The summed E-state index contributed by atoms with van der Waals surface area (Å²) in [7, 11) is 0. The van der Waals surface area contributed by atoms with Crippen molar-refractivity contribution < 1.29 is 0 Å². The van der Waals surface area contributed by atoms with E-state index in [-0.39, 0.29) is 5.41 Å². The summed E-state index contributed by atoms with van der Waals surface area (Å²) in [6.07, 6.45) is 10.9. The molecular formula is C15H22. The van der Waals surface area contributed by atoms with Crippen LogP contribution in [0.3, 0.4) is 0 Å². The molecule has 1 rings (SSSR count). The second kappa shape index (κ2) is 4.65. The summed E-state index contributed by atoms with van der Waals surface area (Å²) in [5.41, 5.74) is 2.86. The Morgan fingerprint density at radius 1 is 1.60 bits per heavy atom. The van der Waals surface area contributed by atoms with E-state index in [1.54, 1.807) is 0 Å². The van der Waals surface area contributed by atoms with E-state index >= 15 is 0 Å². The predicted molar refractivity (Wildman–Crippen MR) is 68.7 cm³/mol. The lowest BCUT2D eigenvalue weighted by molar-refractivity contribution is 0.315. The smallest absolute Gasteiger partial charge is 0.00821 e. The molecule has 1 aliphatic carbocycles. The molecule has 0 saturated carbocycles. The van der Waals surface area contributed by atoms with E-state index in [1.165, 1.54) is 11.1 Å². The van der Waals surface area contributed by atoms with Gasteiger partial charge in [0.05, 0.1) is 0 Å². The van der Waals surface area contributed by atoms with Crippen molar-refractivity contribution in [2.45, 2.75) is 33.6 Å². The van der Waals surface area contributed by atoms with Gasteiger partial charge in [-0.1, -0.05) is 62.5 Å². The average Bonchev–Trinajstić information content (AvgIpc) is 2.15. The Bertz CT molecular complexity index is 313. The van der Waals surface area contributed by atoms with Crippen LogP contribution in [0.25, 0.3) is 0 Å². The summed E-state index contributed by atoms with van der Waals surface area (Å²) in [6.45, 7) is 14.6. The van der Waals surface area contributed by atoms with Gasteiger partial charge in [0.15, 0.2) is 0 Å². The molecule has 0 saturated heterocycles. The fourth-order valence-corrected chi connectivity index (χ4v) is 2.16. The van der Waals surface area contributed by atoms with Crippen molar-refractivity contribution in [1.29, 1.82) is 0 Å². The molecule has 82 valence electrons. The van der Waals surface area contributed by atoms with E-state index in [0.29, 0.717) is 5.92 Å². The van der Waals surface area contributed by atoms with Gasteiger partial charge in [0, 0.05) is 0 Å². The molecule has 0 aromatic rings. The second-order valence-corrected chi connectivity index (χ2v) is 5.03. The highest BCUT2D eigenvalue weighted by Gasteiger charge is 2.30. The third-order valence-corrected chi connectivity index (χ3v) is 3.32. The quantitative estimate of drug-likeness (QED) is 0.461. The molecule has 0 heterocycles. The highest BCUT2D eigenvalue weighted by Crippen LogP contribution is 2.41. The Kier molecular flexibility index (Phi) is 3.73. The maximum Gasteiger partial charge on any atom is -0.00821 e. The van der Waals surface area contributed by atoms with Gasteiger partial charge in [-0.15, -0.1) is 0 Å². The highest BCUT2D eigenvalue weighted by atomic mass is 14.3. The predicted octanol–water partition coefficient (Wildman–Crippen LogP) is 4.67. The molecule has 0 spiro atoms. The molecule has 0 heteroatoms. The number of allylic oxidation sites excluding steroid dienone is 6. The van der Waals surface area contributed by atoms with Crippen LogP contribution in [0.4, 0.5) is 0 Å². The van der Waals surface area contributed by atoms with Gasteiger partial charge >= 0.3 is 0 Å². The third-order valence-electron chi connectivity index (χ3n) is 3.32. The van der Waals surface area contributed by atoms with Gasteiger partial charge in [-0.2, -0.15) is 0 Å². The zero-order valence-corrected chi connectivity index (χ0v) is 10.2. The Morgan fingerprint density at radius 2 is 2.27 bits per heavy atom. The van der Waals surface area contributed by atoms with Crippen LogP contribution in [-0.4, -0.2) is 0 Å². The van der Waals surface area contributed by atoms with E-state index in [2.05, 4.69) is 52.2 Å². The summed E-state index contributed by atoms with van der Waals surface area (Å²) in [4.78, 5) is 0. The van der Waals surface area contributed by atoms with E-state index in [9.17, 15) is 0 Å². The molecule has 0 aromatic carbocycles. The Balaban J connectivity index is 2.79. The summed E-state index contributed by atoms with van der Waals surface area (Å²) < 4.78 is 0. The first kappa shape index (κ1) is 12.0.